The SMILES string of the molecule is Cc1cc(/C=C2\SC(=O)N(C)C2=O)c(C)n1-c1cc(C(=O)O)ccc1Cl. The molecule has 2 amide bonds. The minimum Gasteiger partial charge on any atom is -0.478 e. The van der Waals surface area contributed by atoms with Gasteiger partial charge in [-0.15, -0.1) is 0 Å². The number of hydrogen-bond donors (Lipinski definition) is 1. The Hall–Kier alpha value is -2.51. The molecule has 2 aromatic rings. The van der Waals surface area contributed by atoms with Crippen LogP contribution in [0.3, 0.4) is 0 Å². The molecule has 1 aromatic heterocycles. The zero-order valence-electron chi connectivity index (χ0n) is 14.2. The van der Waals surface area contributed by atoms with Crippen LogP contribution in [0.4, 0.5) is 4.79 Å². The van der Waals surface area contributed by atoms with E-state index in [1.54, 1.807) is 12.1 Å². The first-order chi connectivity index (χ1) is 12.2. The van der Waals surface area contributed by atoms with Crippen molar-refractivity contribution in [3.8, 4) is 5.69 Å². The van der Waals surface area contributed by atoms with Crippen molar-refractivity contribution in [2.24, 2.45) is 0 Å². The van der Waals surface area contributed by atoms with Crippen LogP contribution in [0.5, 0.6) is 0 Å². The Labute approximate surface area is 159 Å². The Kier molecular flexibility index (Phi) is 4.68. The number of imide groups is 1. The van der Waals surface area contributed by atoms with Crippen molar-refractivity contribution in [1.29, 1.82) is 0 Å². The lowest BCUT2D eigenvalue weighted by atomic mass is 10.2. The fourth-order valence-electron chi connectivity index (χ4n) is 2.81. The third kappa shape index (κ3) is 3.04. The number of carboxylic acids is 1. The van der Waals surface area contributed by atoms with Crippen LogP contribution in [-0.2, 0) is 4.79 Å². The van der Waals surface area contributed by atoms with Gasteiger partial charge in [0, 0.05) is 18.4 Å². The maximum absolute atomic E-state index is 12.1. The Bertz CT molecular complexity index is 993. The highest BCUT2D eigenvalue weighted by atomic mass is 35.5. The monoisotopic (exact) mass is 390 g/mol. The summed E-state index contributed by atoms with van der Waals surface area (Å²) in [6.07, 6.45) is 1.67. The molecule has 134 valence electrons. The maximum Gasteiger partial charge on any atom is 0.335 e. The number of hydrogen-bond acceptors (Lipinski definition) is 4. The average Bonchev–Trinajstić information content (AvgIpc) is 2.99. The molecular weight excluding hydrogens is 376 g/mol. The van der Waals surface area contributed by atoms with E-state index in [0.717, 1.165) is 33.6 Å². The van der Waals surface area contributed by atoms with Gasteiger partial charge in [-0.05, 0) is 61.5 Å². The minimum absolute atomic E-state index is 0.130. The number of halogens is 1. The fourth-order valence-corrected chi connectivity index (χ4v) is 3.83. The molecule has 2 heterocycles. The second kappa shape index (κ2) is 6.66. The Morgan fingerprint density at radius 2 is 1.92 bits per heavy atom. The molecule has 0 aliphatic carbocycles. The van der Waals surface area contributed by atoms with Crippen LogP contribution in [0, 0.1) is 13.8 Å². The van der Waals surface area contributed by atoms with E-state index >= 15 is 0 Å². The number of benzene rings is 1. The highest BCUT2D eigenvalue weighted by molar-refractivity contribution is 8.18. The van der Waals surface area contributed by atoms with Gasteiger partial charge in [-0.2, -0.15) is 0 Å². The summed E-state index contributed by atoms with van der Waals surface area (Å²) in [5.41, 5.74) is 3.05. The number of aromatic carboxylic acids is 1. The van der Waals surface area contributed by atoms with Crippen molar-refractivity contribution >= 4 is 46.6 Å². The van der Waals surface area contributed by atoms with E-state index in [9.17, 15) is 19.5 Å². The third-order valence-corrected chi connectivity index (χ3v) is 5.46. The second-order valence-electron chi connectivity index (χ2n) is 5.87. The summed E-state index contributed by atoms with van der Waals surface area (Å²) in [4.78, 5) is 36.4. The van der Waals surface area contributed by atoms with Crippen LogP contribution in [0.15, 0.2) is 29.2 Å². The van der Waals surface area contributed by atoms with Gasteiger partial charge < -0.3 is 9.67 Å². The molecule has 0 radical (unpaired) electrons. The molecule has 1 N–H and O–H groups in total. The molecule has 1 aliphatic rings. The number of aryl methyl sites for hydroxylation is 1. The van der Waals surface area contributed by atoms with E-state index in [4.69, 9.17) is 11.6 Å². The first kappa shape index (κ1) is 18.3. The van der Waals surface area contributed by atoms with E-state index in [2.05, 4.69) is 0 Å². The number of aromatic nitrogens is 1. The highest BCUT2D eigenvalue weighted by Crippen LogP contribution is 2.33. The van der Waals surface area contributed by atoms with E-state index in [1.165, 1.54) is 19.2 Å². The smallest absolute Gasteiger partial charge is 0.335 e. The summed E-state index contributed by atoms with van der Waals surface area (Å²) in [5, 5.41) is 9.32. The molecule has 3 rings (SSSR count). The lowest BCUT2D eigenvalue weighted by Crippen LogP contribution is -2.22. The van der Waals surface area contributed by atoms with Gasteiger partial charge in [-0.3, -0.25) is 14.5 Å². The molecule has 0 atom stereocenters. The molecule has 1 saturated heterocycles. The van der Waals surface area contributed by atoms with Gasteiger partial charge >= 0.3 is 5.97 Å². The average molecular weight is 391 g/mol. The summed E-state index contributed by atoms with van der Waals surface area (Å²) >= 11 is 7.17. The van der Waals surface area contributed by atoms with E-state index in [1.807, 2.05) is 24.5 Å². The van der Waals surface area contributed by atoms with Crippen LogP contribution in [0.2, 0.25) is 5.02 Å². The van der Waals surface area contributed by atoms with Crippen molar-refractivity contribution < 1.29 is 19.5 Å². The van der Waals surface area contributed by atoms with Gasteiger partial charge in [0.15, 0.2) is 0 Å². The first-order valence-corrected chi connectivity index (χ1v) is 8.84. The molecule has 26 heavy (non-hydrogen) atoms. The van der Waals surface area contributed by atoms with Crippen molar-refractivity contribution in [2.75, 3.05) is 7.05 Å². The van der Waals surface area contributed by atoms with Crippen LogP contribution < -0.4 is 0 Å². The summed E-state index contributed by atoms with van der Waals surface area (Å²) in [7, 11) is 1.44. The molecule has 8 heteroatoms. The summed E-state index contributed by atoms with van der Waals surface area (Å²) in [6.45, 7) is 3.71. The molecule has 1 aromatic carbocycles. The van der Waals surface area contributed by atoms with Gasteiger partial charge in [-0.1, -0.05) is 11.6 Å². The number of carboxylic acid groups (broad SMARTS) is 1. The number of rotatable bonds is 3. The van der Waals surface area contributed by atoms with Gasteiger partial charge in [0.2, 0.25) is 0 Å². The van der Waals surface area contributed by atoms with Gasteiger partial charge in [0.25, 0.3) is 11.1 Å². The quantitative estimate of drug-likeness (QED) is 0.797. The third-order valence-electron chi connectivity index (χ3n) is 4.18. The number of amides is 2. The van der Waals surface area contributed by atoms with Gasteiger partial charge in [0.05, 0.1) is 21.2 Å². The minimum atomic E-state index is -1.04. The van der Waals surface area contributed by atoms with Gasteiger partial charge in [-0.25, -0.2) is 4.79 Å². The van der Waals surface area contributed by atoms with Gasteiger partial charge in [0.1, 0.15) is 0 Å². The number of carbonyl (C=O) groups excluding carboxylic acids is 2. The number of likely N-dealkylation sites (N-methyl/N-ethyl adjacent to an activating group) is 1. The van der Waals surface area contributed by atoms with Crippen molar-refractivity contribution in [2.45, 2.75) is 13.8 Å². The standard InChI is InChI=1S/C18H15ClN2O4S/c1-9-6-12(8-15-16(22)20(3)18(25)26-15)10(2)21(9)14-7-11(17(23)24)4-5-13(14)19/h4-8H,1-3H3,(H,23,24)/b15-8-. The molecule has 0 saturated carbocycles. The van der Waals surface area contributed by atoms with Crippen LogP contribution in [0.1, 0.15) is 27.3 Å². The molecule has 0 spiro atoms. The molecule has 1 aliphatic heterocycles. The highest BCUT2D eigenvalue weighted by Gasteiger charge is 2.32. The lowest BCUT2D eigenvalue weighted by molar-refractivity contribution is -0.121. The lowest BCUT2D eigenvalue weighted by Gasteiger charge is -2.12. The zero-order valence-corrected chi connectivity index (χ0v) is 15.8. The summed E-state index contributed by atoms with van der Waals surface area (Å²) in [6, 6.07) is 6.36. The van der Waals surface area contributed by atoms with Crippen LogP contribution in [0.25, 0.3) is 11.8 Å². The van der Waals surface area contributed by atoms with Crippen LogP contribution >= 0.6 is 23.4 Å². The van der Waals surface area contributed by atoms with E-state index < -0.39 is 5.97 Å². The topological polar surface area (TPSA) is 79.6 Å². The largest absolute Gasteiger partial charge is 0.478 e. The number of nitrogens with zero attached hydrogens (tertiary/aromatic N) is 2. The fraction of sp³-hybridized carbons (Fsp3) is 0.167. The van der Waals surface area contributed by atoms with Crippen molar-refractivity contribution in [1.82, 2.24) is 9.47 Å². The molecule has 0 unspecified atom stereocenters. The Morgan fingerprint density at radius 3 is 2.50 bits per heavy atom. The van der Waals surface area contributed by atoms with Crippen LogP contribution in [-0.4, -0.2) is 38.7 Å². The van der Waals surface area contributed by atoms with Crippen molar-refractivity contribution in [3.63, 3.8) is 0 Å². The molecule has 1 fully saturated rings. The zero-order chi connectivity index (χ0) is 19.2. The number of thioether (sulfide) groups is 1. The number of carbonyl (C=O) groups is 3. The molecule has 0 bridgehead atoms. The second-order valence-corrected chi connectivity index (χ2v) is 7.27. The Morgan fingerprint density at radius 1 is 1.23 bits per heavy atom. The van der Waals surface area contributed by atoms with E-state index in [-0.39, 0.29) is 16.7 Å². The van der Waals surface area contributed by atoms with E-state index in [0.29, 0.717) is 15.6 Å². The first-order valence-electron chi connectivity index (χ1n) is 7.64. The summed E-state index contributed by atoms with van der Waals surface area (Å²) in [5.74, 6) is -1.38. The molecular formula is C18H15ClN2O4S. The normalized spacial score (nSPS) is 16.0. The predicted molar refractivity (Wildman–Crippen MR) is 101 cm³/mol. The summed E-state index contributed by atoms with van der Waals surface area (Å²) < 4.78 is 1.83. The molecule has 6 nitrogen and oxygen atoms in total. The predicted octanol–water partition coefficient (Wildman–Crippen LogP) is 4.11. The Balaban J connectivity index is 2.11. The maximum atomic E-state index is 12.1. The van der Waals surface area contributed by atoms with Crippen molar-refractivity contribution in [3.05, 3.63) is 56.7 Å².